The molecule has 0 radical (unpaired) electrons. The van der Waals surface area contributed by atoms with E-state index in [1.54, 1.807) is 13.8 Å². The van der Waals surface area contributed by atoms with E-state index in [9.17, 15) is 9.90 Å². The van der Waals surface area contributed by atoms with Gasteiger partial charge in [-0.1, -0.05) is 5.92 Å². The molecule has 1 atom stereocenters. The lowest BCUT2D eigenvalue weighted by Crippen LogP contribution is -2.11. The zero-order chi connectivity index (χ0) is 12.3. The molecule has 1 N–H and O–H groups in total. The van der Waals surface area contributed by atoms with Gasteiger partial charge in [-0.2, -0.15) is 0 Å². The first kappa shape index (κ1) is 12.2. The van der Waals surface area contributed by atoms with Gasteiger partial charge in [-0.25, -0.2) is 4.79 Å². The van der Waals surface area contributed by atoms with Crippen LogP contribution in [0.4, 0.5) is 0 Å². The second-order valence-corrected chi connectivity index (χ2v) is 3.36. The molecule has 16 heavy (non-hydrogen) atoms. The SMILES string of the molecule is C#C[C@H](O)c1c(C)ncc(C(=O)OC)c1C. The van der Waals surface area contributed by atoms with E-state index in [4.69, 9.17) is 6.42 Å². The molecule has 1 rings (SSSR count). The average molecular weight is 219 g/mol. The predicted octanol–water partition coefficient (Wildman–Crippen LogP) is 1.15. The normalized spacial score (nSPS) is 11.7. The van der Waals surface area contributed by atoms with Crippen molar-refractivity contribution in [3.63, 3.8) is 0 Å². The van der Waals surface area contributed by atoms with E-state index in [1.165, 1.54) is 13.3 Å². The molecule has 0 aliphatic rings. The zero-order valence-corrected chi connectivity index (χ0v) is 9.44. The van der Waals surface area contributed by atoms with E-state index in [-0.39, 0.29) is 0 Å². The number of esters is 1. The van der Waals surface area contributed by atoms with Crippen molar-refractivity contribution < 1.29 is 14.6 Å². The van der Waals surface area contributed by atoms with Gasteiger partial charge in [-0.05, 0) is 19.4 Å². The van der Waals surface area contributed by atoms with Gasteiger partial charge in [0, 0.05) is 17.5 Å². The molecule has 0 unspecified atom stereocenters. The van der Waals surface area contributed by atoms with Gasteiger partial charge in [0.05, 0.1) is 12.7 Å². The lowest BCUT2D eigenvalue weighted by atomic mass is 9.99. The molecular weight excluding hydrogens is 206 g/mol. The van der Waals surface area contributed by atoms with Crippen LogP contribution in [0.2, 0.25) is 0 Å². The summed E-state index contributed by atoms with van der Waals surface area (Å²) in [5, 5.41) is 9.64. The molecule has 0 saturated heterocycles. The fourth-order valence-corrected chi connectivity index (χ4v) is 1.55. The number of aliphatic hydroxyl groups is 1. The summed E-state index contributed by atoms with van der Waals surface area (Å²) in [6, 6.07) is 0. The van der Waals surface area contributed by atoms with Gasteiger partial charge in [0.2, 0.25) is 0 Å². The van der Waals surface area contributed by atoms with E-state index in [1.807, 2.05) is 0 Å². The van der Waals surface area contributed by atoms with Crippen LogP contribution < -0.4 is 0 Å². The molecule has 0 aliphatic carbocycles. The largest absolute Gasteiger partial charge is 0.465 e. The summed E-state index contributed by atoms with van der Waals surface area (Å²) in [4.78, 5) is 15.4. The lowest BCUT2D eigenvalue weighted by Gasteiger charge is -2.13. The van der Waals surface area contributed by atoms with Crippen molar-refractivity contribution in [2.24, 2.45) is 0 Å². The molecule has 0 bridgehead atoms. The van der Waals surface area contributed by atoms with Gasteiger partial charge in [0.25, 0.3) is 0 Å². The first-order chi connectivity index (χ1) is 7.52. The summed E-state index contributed by atoms with van der Waals surface area (Å²) in [6.45, 7) is 3.43. The Morgan fingerprint density at radius 3 is 2.75 bits per heavy atom. The van der Waals surface area contributed by atoms with Gasteiger partial charge in [0.15, 0.2) is 0 Å². The highest BCUT2D eigenvalue weighted by atomic mass is 16.5. The van der Waals surface area contributed by atoms with Gasteiger partial charge in [-0.15, -0.1) is 6.42 Å². The monoisotopic (exact) mass is 219 g/mol. The highest BCUT2D eigenvalue weighted by Gasteiger charge is 2.18. The highest BCUT2D eigenvalue weighted by Crippen LogP contribution is 2.23. The molecular formula is C12H13NO3. The van der Waals surface area contributed by atoms with Gasteiger partial charge >= 0.3 is 5.97 Å². The van der Waals surface area contributed by atoms with Crippen LogP contribution >= 0.6 is 0 Å². The second-order valence-electron chi connectivity index (χ2n) is 3.36. The van der Waals surface area contributed by atoms with Crippen LogP contribution in [0.25, 0.3) is 0 Å². The van der Waals surface area contributed by atoms with E-state index in [0.29, 0.717) is 22.4 Å². The predicted molar refractivity (Wildman–Crippen MR) is 58.8 cm³/mol. The van der Waals surface area contributed by atoms with Crippen LogP contribution in [0.1, 0.15) is 33.3 Å². The number of aryl methyl sites for hydroxylation is 1. The van der Waals surface area contributed by atoms with Crippen LogP contribution in [0.15, 0.2) is 6.20 Å². The van der Waals surface area contributed by atoms with Crippen molar-refractivity contribution in [1.82, 2.24) is 4.98 Å². The van der Waals surface area contributed by atoms with Crippen LogP contribution in [0, 0.1) is 26.2 Å². The molecule has 0 spiro atoms. The Labute approximate surface area is 94.3 Å². The van der Waals surface area contributed by atoms with Crippen LogP contribution in [0.3, 0.4) is 0 Å². The molecule has 84 valence electrons. The standard InChI is InChI=1S/C12H13NO3/c1-5-10(14)11-7(2)9(12(15)16-4)6-13-8(11)3/h1,6,10,14H,2-4H3/t10-/m0/s1. The second kappa shape index (κ2) is 4.77. The molecule has 0 saturated carbocycles. The number of pyridine rings is 1. The summed E-state index contributed by atoms with van der Waals surface area (Å²) < 4.78 is 4.61. The average Bonchev–Trinajstić information content (AvgIpc) is 2.28. The first-order valence-corrected chi connectivity index (χ1v) is 4.71. The molecule has 4 heteroatoms. The molecule has 0 aliphatic heterocycles. The third-order valence-electron chi connectivity index (χ3n) is 2.42. The Morgan fingerprint density at radius 1 is 1.62 bits per heavy atom. The number of ether oxygens (including phenoxy) is 1. The minimum absolute atomic E-state index is 0.317. The number of aromatic nitrogens is 1. The molecule has 1 heterocycles. The summed E-state index contributed by atoms with van der Waals surface area (Å²) >= 11 is 0. The number of hydrogen-bond acceptors (Lipinski definition) is 4. The van der Waals surface area contributed by atoms with Crippen LogP contribution in [-0.4, -0.2) is 23.2 Å². The molecule has 4 nitrogen and oxygen atoms in total. The van der Waals surface area contributed by atoms with Crippen LogP contribution in [-0.2, 0) is 4.74 Å². The third kappa shape index (κ3) is 2.05. The number of rotatable bonds is 2. The van der Waals surface area contributed by atoms with E-state index < -0.39 is 12.1 Å². The minimum atomic E-state index is -1.06. The number of terminal acetylenes is 1. The zero-order valence-electron chi connectivity index (χ0n) is 9.44. The minimum Gasteiger partial charge on any atom is -0.465 e. The van der Waals surface area contributed by atoms with E-state index in [0.717, 1.165) is 0 Å². The molecule has 0 aromatic carbocycles. The number of nitrogens with zero attached hydrogens (tertiary/aromatic N) is 1. The Morgan fingerprint density at radius 2 is 2.25 bits per heavy atom. The molecule has 1 aromatic rings. The van der Waals surface area contributed by atoms with Crippen LogP contribution in [0.5, 0.6) is 0 Å². The van der Waals surface area contributed by atoms with Crippen molar-refractivity contribution in [2.45, 2.75) is 20.0 Å². The molecule has 0 fully saturated rings. The first-order valence-electron chi connectivity index (χ1n) is 4.71. The fraction of sp³-hybridized carbons (Fsp3) is 0.333. The summed E-state index contributed by atoms with van der Waals surface area (Å²) in [6.07, 6.45) is 5.52. The number of carbonyl (C=O) groups is 1. The Hall–Kier alpha value is -1.86. The van der Waals surface area contributed by atoms with Gasteiger partial charge < -0.3 is 9.84 Å². The van der Waals surface area contributed by atoms with Crippen molar-refractivity contribution in [2.75, 3.05) is 7.11 Å². The summed E-state index contributed by atoms with van der Waals surface area (Å²) in [7, 11) is 1.29. The van der Waals surface area contributed by atoms with Gasteiger partial charge in [-0.3, -0.25) is 4.98 Å². The Kier molecular flexibility index (Phi) is 3.64. The van der Waals surface area contributed by atoms with Crippen molar-refractivity contribution in [1.29, 1.82) is 0 Å². The summed E-state index contributed by atoms with van der Waals surface area (Å²) in [5.74, 6) is 1.72. The maximum Gasteiger partial charge on any atom is 0.339 e. The van der Waals surface area contributed by atoms with Crippen molar-refractivity contribution >= 4 is 5.97 Å². The highest BCUT2D eigenvalue weighted by molar-refractivity contribution is 5.91. The number of aliphatic hydroxyl groups excluding tert-OH is 1. The summed E-state index contributed by atoms with van der Waals surface area (Å²) in [5.41, 5.74) is 2.02. The van der Waals surface area contributed by atoms with Gasteiger partial charge in [0.1, 0.15) is 6.10 Å². The maximum atomic E-state index is 11.4. The third-order valence-corrected chi connectivity index (χ3v) is 2.42. The van der Waals surface area contributed by atoms with Crippen molar-refractivity contribution in [3.8, 4) is 12.3 Å². The smallest absolute Gasteiger partial charge is 0.339 e. The maximum absolute atomic E-state index is 11.4. The quantitative estimate of drug-likeness (QED) is 0.598. The van der Waals surface area contributed by atoms with Crippen molar-refractivity contribution in [3.05, 3.63) is 28.6 Å². The number of hydrogen-bond donors (Lipinski definition) is 1. The topological polar surface area (TPSA) is 59.4 Å². The number of carbonyl (C=O) groups excluding carboxylic acids is 1. The van der Waals surface area contributed by atoms with E-state index >= 15 is 0 Å². The lowest BCUT2D eigenvalue weighted by molar-refractivity contribution is 0.0599. The number of methoxy groups -OCH3 is 1. The fourth-order valence-electron chi connectivity index (χ4n) is 1.55. The Bertz CT molecular complexity index is 460. The van der Waals surface area contributed by atoms with E-state index in [2.05, 4.69) is 15.6 Å². The molecule has 1 aromatic heterocycles. The molecule has 0 amide bonds. The Balaban J connectivity index is 3.39.